The number of aliphatic hydroxyl groups is 1. The van der Waals surface area contributed by atoms with E-state index in [4.69, 9.17) is 9.84 Å². The molecule has 2 aromatic heterocycles. The summed E-state index contributed by atoms with van der Waals surface area (Å²) in [5, 5.41) is 12.5. The van der Waals surface area contributed by atoms with Crippen LogP contribution in [0, 0.1) is 6.92 Å². The highest BCUT2D eigenvalue weighted by Gasteiger charge is 2.06. The summed E-state index contributed by atoms with van der Waals surface area (Å²) < 4.78 is 7.94. The number of ether oxygens (including phenoxy) is 1. The third-order valence-corrected chi connectivity index (χ3v) is 2.04. The first-order chi connectivity index (χ1) is 7.72. The minimum atomic E-state index is -0.219. The van der Waals surface area contributed by atoms with Gasteiger partial charge in [-0.2, -0.15) is 9.61 Å². The topological polar surface area (TPSA) is 81.7 Å². The molecule has 7 heteroatoms. The lowest BCUT2D eigenvalue weighted by Gasteiger charge is -2.03. The first-order valence-electron chi connectivity index (χ1n) is 4.83. The number of rotatable bonds is 4. The number of hydrogen-bond acceptors (Lipinski definition) is 5. The van der Waals surface area contributed by atoms with Crippen molar-refractivity contribution in [2.75, 3.05) is 13.2 Å². The van der Waals surface area contributed by atoms with Gasteiger partial charge in [-0.25, -0.2) is 4.98 Å². The lowest BCUT2D eigenvalue weighted by molar-refractivity contribution is 0.0497. The Balaban J connectivity index is 2.36. The van der Waals surface area contributed by atoms with Gasteiger partial charge in [-0.05, 0) is 6.92 Å². The van der Waals surface area contributed by atoms with Crippen LogP contribution in [-0.4, -0.2) is 37.5 Å². The van der Waals surface area contributed by atoms with Gasteiger partial charge >= 0.3 is 0 Å². The van der Waals surface area contributed by atoms with Crippen LogP contribution < -0.4 is 5.56 Å². The van der Waals surface area contributed by atoms with E-state index >= 15 is 0 Å². The monoisotopic (exact) mass is 224 g/mol. The minimum absolute atomic E-state index is 0.0426. The molecule has 16 heavy (non-hydrogen) atoms. The maximum absolute atomic E-state index is 11.5. The molecule has 2 rings (SSSR count). The predicted octanol–water partition coefficient (Wildman–Crippen LogP) is -0.834. The fraction of sp³-hybridized carbons (Fsp3) is 0.444. The van der Waals surface area contributed by atoms with Crippen molar-refractivity contribution in [2.24, 2.45) is 0 Å². The number of aryl methyl sites for hydroxylation is 1. The molecule has 7 nitrogen and oxygen atoms in total. The van der Waals surface area contributed by atoms with E-state index in [9.17, 15) is 4.79 Å². The summed E-state index contributed by atoms with van der Waals surface area (Å²) in [5.74, 6) is 0.433. The van der Waals surface area contributed by atoms with E-state index in [-0.39, 0.29) is 25.5 Å². The Morgan fingerprint density at radius 3 is 3.12 bits per heavy atom. The Morgan fingerprint density at radius 1 is 1.56 bits per heavy atom. The predicted molar refractivity (Wildman–Crippen MR) is 55.0 cm³/mol. The third kappa shape index (κ3) is 1.95. The molecule has 0 aliphatic rings. The second-order valence-electron chi connectivity index (χ2n) is 3.31. The van der Waals surface area contributed by atoms with Gasteiger partial charge in [-0.15, -0.1) is 0 Å². The van der Waals surface area contributed by atoms with Crippen molar-refractivity contribution in [3.63, 3.8) is 0 Å². The van der Waals surface area contributed by atoms with Gasteiger partial charge in [-0.3, -0.25) is 9.36 Å². The van der Waals surface area contributed by atoms with Gasteiger partial charge in [0.2, 0.25) is 5.78 Å². The molecule has 0 aliphatic heterocycles. The molecular formula is C9H12N4O3. The van der Waals surface area contributed by atoms with Crippen LogP contribution in [0.4, 0.5) is 0 Å². The third-order valence-electron chi connectivity index (χ3n) is 2.04. The van der Waals surface area contributed by atoms with Crippen molar-refractivity contribution in [1.82, 2.24) is 19.2 Å². The molecule has 0 saturated carbocycles. The summed E-state index contributed by atoms with van der Waals surface area (Å²) in [6.07, 6.45) is 1.47. The summed E-state index contributed by atoms with van der Waals surface area (Å²) in [5.41, 5.74) is 0.414. The zero-order valence-corrected chi connectivity index (χ0v) is 8.83. The van der Waals surface area contributed by atoms with Crippen molar-refractivity contribution in [3.05, 3.63) is 28.4 Å². The molecule has 0 saturated heterocycles. The standard InChI is InChI=1S/C9H12N4O3/c1-7-4-8(15)13-9(11-7)12(5-10-13)6-16-3-2-14/h4-5,14H,2-3,6H2,1H3. The van der Waals surface area contributed by atoms with Gasteiger partial charge in [0.1, 0.15) is 13.1 Å². The van der Waals surface area contributed by atoms with Crippen LogP contribution in [0.15, 0.2) is 17.2 Å². The van der Waals surface area contributed by atoms with Crippen molar-refractivity contribution in [3.8, 4) is 0 Å². The summed E-state index contributed by atoms with van der Waals surface area (Å²) in [6, 6.07) is 1.42. The van der Waals surface area contributed by atoms with E-state index in [0.29, 0.717) is 11.5 Å². The SMILES string of the molecule is Cc1cc(=O)n2ncn(COCCO)c2n1. The summed E-state index contributed by atoms with van der Waals surface area (Å²) in [6.45, 7) is 2.15. The average molecular weight is 224 g/mol. The normalized spacial score (nSPS) is 11.1. The van der Waals surface area contributed by atoms with Crippen LogP contribution in [0.1, 0.15) is 5.69 Å². The van der Waals surface area contributed by atoms with Crippen molar-refractivity contribution in [2.45, 2.75) is 13.7 Å². The molecule has 1 N–H and O–H groups in total. The first-order valence-corrected chi connectivity index (χ1v) is 4.83. The molecule has 0 radical (unpaired) electrons. The fourth-order valence-corrected chi connectivity index (χ4v) is 1.35. The molecule has 0 fully saturated rings. The van der Waals surface area contributed by atoms with Crippen LogP contribution >= 0.6 is 0 Å². The molecule has 0 aromatic carbocycles. The molecule has 0 spiro atoms. The molecule has 2 aromatic rings. The molecule has 0 aliphatic carbocycles. The Hall–Kier alpha value is -1.73. The van der Waals surface area contributed by atoms with Crippen LogP contribution in [0.5, 0.6) is 0 Å². The lowest BCUT2D eigenvalue weighted by Crippen LogP contribution is -2.16. The second-order valence-corrected chi connectivity index (χ2v) is 3.31. The quantitative estimate of drug-likeness (QED) is 0.685. The van der Waals surface area contributed by atoms with Crippen LogP contribution in [0.2, 0.25) is 0 Å². The Bertz CT molecular complexity index is 545. The highest BCUT2D eigenvalue weighted by Crippen LogP contribution is 1.98. The number of fused-ring (bicyclic) bond motifs is 1. The molecule has 0 bridgehead atoms. The van der Waals surface area contributed by atoms with Crippen molar-refractivity contribution >= 4 is 5.78 Å². The Labute approximate surface area is 90.9 Å². The fourth-order valence-electron chi connectivity index (χ4n) is 1.35. The number of nitrogens with zero attached hydrogens (tertiary/aromatic N) is 4. The Kier molecular flexibility index (Phi) is 2.97. The molecule has 86 valence electrons. The van der Waals surface area contributed by atoms with Crippen LogP contribution in [0.3, 0.4) is 0 Å². The highest BCUT2D eigenvalue weighted by molar-refractivity contribution is 5.27. The smallest absolute Gasteiger partial charge is 0.275 e. The van der Waals surface area contributed by atoms with Gasteiger partial charge < -0.3 is 9.84 Å². The average Bonchev–Trinajstić information content (AvgIpc) is 2.62. The second kappa shape index (κ2) is 4.42. The first kappa shape index (κ1) is 10.8. The molecule has 0 atom stereocenters. The summed E-state index contributed by atoms with van der Waals surface area (Å²) in [7, 11) is 0. The molecular weight excluding hydrogens is 212 g/mol. The van der Waals surface area contributed by atoms with Gasteiger partial charge in [0.15, 0.2) is 0 Å². The summed E-state index contributed by atoms with van der Waals surface area (Å²) >= 11 is 0. The van der Waals surface area contributed by atoms with Gasteiger partial charge in [0.25, 0.3) is 5.56 Å². The van der Waals surface area contributed by atoms with Crippen molar-refractivity contribution < 1.29 is 9.84 Å². The number of hydrogen-bond donors (Lipinski definition) is 1. The van der Waals surface area contributed by atoms with E-state index in [1.54, 1.807) is 11.5 Å². The van der Waals surface area contributed by atoms with Gasteiger partial charge in [0, 0.05) is 11.8 Å². The maximum Gasteiger partial charge on any atom is 0.275 e. The van der Waals surface area contributed by atoms with E-state index in [0.717, 1.165) is 0 Å². The molecule has 0 unspecified atom stereocenters. The lowest BCUT2D eigenvalue weighted by atomic mass is 10.4. The zero-order chi connectivity index (χ0) is 11.5. The molecule has 0 amide bonds. The van der Waals surface area contributed by atoms with Gasteiger partial charge in [-0.1, -0.05) is 0 Å². The molecule has 2 heterocycles. The van der Waals surface area contributed by atoms with Crippen molar-refractivity contribution in [1.29, 1.82) is 0 Å². The van der Waals surface area contributed by atoms with Crippen LogP contribution in [-0.2, 0) is 11.5 Å². The number of aromatic nitrogens is 4. The zero-order valence-electron chi connectivity index (χ0n) is 8.83. The van der Waals surface area contributed by atoms with Gasteiger partial charge in [0.05, 0.1) is 13.2 Å². The largest absolute Gasteiger partial charge is 0.394 e. The minimum Gasteiger partial charge on any atom is -0.394 e. The van der Waals surface area contributed by atoms with E-state index in [1.807, 2.05) is 0 Å². The van der Waals surface area contributed by atoms with E-state index in [2.05, 4.69) is 10.1 Å². The van der Waals surface area contributed by atoms with E-state index < -0.39 is 0 Å². The highest BCUT2D eigenvalue weighted by atomic mass is 16.5. The number of aliphatic hydroxyl groups excluding tert-OH is 1. The maximum atomic E-state index is 11.5. The van der Waals surface area contributed by atoms with E-state index in [1.165, 1.54) is 16.9 Å². The van der Waals surface area contributed by atoms with Crippen LogP contribution in [0.25, 0.3) is 5.78 Å². The summed E-state index contributed by atoms with van der Waals surface area (Å²) in [4.78, 5) is 15.7. The Morgan fingerprint density at radius 2 is 2.38 bits per heavy atom.